The van der Waals surface area contributed by atoms with Crippen molar-refractivity contribution >= 4 is 5.82 Å². The first-order valence-electron chi connectivity index (χ1n) is 3.91. The molecule has 0 aliphatic carbocycles. The van der Waals surface area contributed by atoms with E-state index in [0.717, 1.165) is 17.0 Å². The van der Waals surface area contributed by atoms with Crippen LogP contribution in [-0.2, 0) is 0 Å². The van der Waals surface area contributed by atoms with E-state index in [9.17, 15) is 0 Å². The molecule has 0 aliphatic rings. The van der Waals surface area contributed by atoms with Gasteiger partial charge < -0.3 is 10.3 Å². The van der Waals surface area contributed by atoms with E-state index in [2.05, 4.69) is 10.1 Å². The van der Waals surface area contributed by atoms with E-state index in [1.54, 1.807) is 12.3 Å². The highest BCUT2D eigenvalue weighted by molar-refractivity contribution is 5.58. The molecule has 2 rings (SSSR count). The summed E-state index contributed by atoms with van der Waals surface area (Å²) in [7, 11) is 0. The molecule has 4 heteroatoms. The van der Waals surface area contributed by atoms with Gasteiger partial charge in [0.25, 0.3) is 0 Å². The fourth-order valence-electron chi connectivity index (χ4n) is 1.12. The van der Waals surface area contributed by atoms with Crippen LogP contribution in [0.15, 0.2) is 29.0 Å². The van der Waals surface area contributed by atoms with Gasteiger partial charge in [-0.25, -0.2) is 4.98 Å². The Morgan fingerprint density at radius 2 is 2.23 bits per heavy atom. The van der Waals surface area contributed by atoms with Crippen LogP contribution in [0.25, 0.3) is 11.4 Å². The van der Waals surface area contributed by atoms with Crippen molar-refractivity contribution in [3.8, 4) is 11.4 Å². The summed E-state index contributed by atoms with van der Waals surface area (Å²) in [5.41, 5.74) is 7.99. The number of hydrogen-bond acceptors (Lipinski definition) is 4. The van der Waals surface area contributed by atoms with Crippen LogP contribution in [0.4, 0.5) is 5.82 Å². The highest BCUT2D eigenvalue weighted by Crippen LogP contribution is 2.19. The summed E-state index contributed by atoms with van der Waals surface area (Å²) in [6.45, 7) is 1.91. The average molecular weight is 175 g/mol. The Morgan fingerprint density at radius 1 is 1.38 bits per heavy atom. The minimum absolute atomic E-state index is 0.486. The lowest BCUT2D eigenvalue weighted by atomic mass is 10.2. The van der Waals surface area contributed by atoms with Gasteiger partial charge in [-0.15, -0.1) is 0 Å². The van der Waals surface area contributed by atoms with E-state index >= 15 is 0 Å². The summed E-state index contributed by atoms with van der Waals surface area (Å²) >= 11 is 0. The quantitative estimate of drug-likeness (QED) is 0.715. The van der Waals surface area contributed by atoms with Crippen molar-refractivity contribution in [2.24, 2.45) is 0 Å². The molecule has 0 radical (unpaired) electrons. The van der Waals surface area contributed by atoms with Crippen molar-refractivity contribution in [3.05, 3.63) is 30.0 Å². The number of rotatable bonds is 1. The smallest absolute Gasteiger partial charge is 0.135 e. The van der Waals surface area contributed by atoms with Gasteiger partial charge in [-0.2, -0.15) is 0 Å². The van der Waals surface area contributed by atoms with Gasteiger partial charge in [-0.1, -0.05) is 11.2 Å². The zero-order chi connectivity index (χ0) is 9.26. The molecule has 2 N–H and O–H groups in total. The molecule has 2 aromatic rings. The van der Waals surface area contributed by atoms with Crippen LogP contribution in [0.5, 0.6) is 0 Å². The molecule has 0 unspecified atom stereocenters. The van der Waals surface area contributed by atoms with Crippen LogP contribution in [-0.4, -0.2) is 10.1 Å². The van der Waals surface area contributed by atoms with Gasteiger partial charge in [0.15, 0.2) is 0 Å². The lowest BCUT2D eigenvalue weighted by Crippen LogP contribution is -1.92. The van der Waals surface area contributed by atoms with Gasteiger partial charge >= 0.3 is 0 Å². The minimum Gasteiger partial charge on any atom is -0.384 e. The van der Waals surface area contributed by atoms with Crippen molar-refractivity contribution in [2.75, 3.05) is 5.73 Å². The van der Waals surface area contributed by atoms with E-state index < -0.39 is 0 Å². The predicted octanol–water partition coefficient (Wildman–Crippen LogP) is 1.63. The lowest BCUT2D eigenvalue weighted by Gasteiger charge is -1.96. The Balaban J connectivity index is 2.53. The topological polar surface area (TPSA) is 64.9 Å². The second-order valence-corrected chi connectivity index (χ2v) is 2.79. The van der Waals surface area contributed by atoms with Gasteiger partial charge in [-0.05, 0) is 19.1 Å². The fraction of sp³-hybridized carbons (Fsp3) is 0.111. The molecule has 2 heterocycles. The van der Waals surface area contributed by atoms with Crippen molar-refractivity contribution in [3.63, 3.8) is 0 Å². The van der Waals surface area contributed by atoms with Crippen molar-refractivity contribution < 1.29 is 4.52 Å². The third-order valence-electron chi connectivity index (χ3n) is 1.76. The predicted molar refractivity (Wildman–Crippen MR) is 48.9 cm³/mol. The van der Waals surface area contributed by atoms with E-state index in [0.29, 0.717) is 5.82 Å². The van der Waals surface area contributed by atoms with E-state index in [-0.39, 0.29) is 0 Å². The number of aromatic nitrogens is 2. The zero-order valence-electron chi connectivity index (χ0n) is 7.19. The monoisotopic (exact) mass is 175 g/mol. The maximum Gasteiger partial charge on any atom is 0.135 e. The number of pyridine rings is 1. The van der Waals surface area contributed by atoms with Crippen LogP contribution >= 0.6 is 0 Å². The molecule has 0 aromatic carbocycles. The fourth-order valence-corrected chi connectivity index (χ4v) is 1.12. The molecule has 0 aliphatic heterocycles. The molecule has 13 heavy (non-hydrogen) atoms. The molecule has 66 valence electrons. The van der Waals surface area contributed by atoms with Gasteiger partial charge in [0.2, 0.25) is 0 Å². The summed E-state index contributed by atoms with van der Waals surface area (Å²) in [6, 6.07) is 5.42. The first kappa shape index (κ1) is 7.79. The average Bonchev–Trinajstić information content (AvgIpc) is 2.51. The van der Waals surface area contributed by atoms with Crippen LogP contribution in [0.1, 0.15) is 5.56 Å². The summed E-state index contributed by atoms with van der Waals surface area (Å²) < 4.78 is 4.81. The first-order chi connectivity index (χ1) is 6.27. The lowest BCUT2D eigenvalue weighted by molar-refractivity contribution is 0.421. The molecule has 2 aromatic heterocycles. The summed E-state index contributed by atoms with van der Waals surface area (Å²) in [5, 5.41) is 3.83. The Bertz CT molecular complexity index is 422. The van der Waals surface area contributed by atoms with Crippen molar-refractivity contribution in [2.45, 2.75) is 6.92 Å². The number of nitrogen functional groups attached to an aromatic ring is 1. The zero-order valence-corrected chi connectivity index (χ0v) is 7.19. The number of hydrogen-bond donors (Lipinski definition) is 1. The molecule has 0 amide bonds. The van der Waals surface area contributed by atoms with E-state index in [4.69, 9.17) is 10.3 Å². The molecule has 0 bridgehead atoms. The number of aryl methyl sites for hydroxylation is 1. The Kier molecular flexibility index (Phi) is 1.73. The highest BCUT2D eigenvalue weighted by Gasteiger charge is 2.06. The summed E-state index contributed by atoms with van der Waals surface area (Å²) in [5.74, 6) is 0.486. The third-order valence-corrected chi connectivity index (χ3v) is 1.76. The molecule has 4 nitrogen and oxygen atoms in total. The van der Waals surface area contributed by atoms with Gasteiger partial charge in [0, 0.05) is 5.56 Å². The van der Waals surface area contributed by atoms with Crippen molar-refractivity contribution in [1.29, 1.82) is 0 Å². The van der Waals surface area contributed by atoms with Gasteiger partial charge in [0.1, 0.15) is 17.8 Å². The van der Waals surface area contributed by atoms with E-state index in [1.807, 2.05) is 19.1 Å². The minimum atomic E-state index is 0.486. The van der Waals surface area contributed by atoms with Crippen LogP contribution in [0, 0.1) is 6.92 Å². The molecule has 0 fully saturated rings. The Hall–Kier alpha value is -1.84. The molecular weight excluding hydrogens is 166 g/mol. The maximum atomic E-state index is 5.55. The molecule has 0 atom stereocenters. The highest BCUT2D eigenvalue weighted by atomic mass is 16.5. The molecular formula is C9H9N3O. The van der Waals surface area contributed by atoms with Crippen LogP contribution < -0.4 is 5.73 Å². The number of nitrogens with zero attached hydrogens (tertiary/aromatic N) is 2. The first-order valence-corrected chi connectivity index (χ1v) is 3.91. The van der Waals surface area contributed by atoms with Gasteiger partial charge in [-0.3, -0.25) is 0 Å². The van der Waals surface area contributed by atoms with Crippen LogP contribution in [0.2, 0.25) is 0 Å². The summed E-state index contributed by atoms with van der Waals surface area (Å²) in [4.78, 5) is 4.13. The number of anilines is 1. The Morgan fingerprint density at radius 3 is 2.85 bits per heavy atom. The largest absolute Gasteiger partial charge is 0.384 e. The normalized spacial score (nSPS) is 10.2. The summed E-state index contributed by atoms with van der Waals surface area (Å²) in [6.07, 6.45) is 1.58. The Labute approximate surface area is 75.4 Å². The maximum absolute atomic E-state index is 5.55. The standard InChI is InChI=1S/C9H9N3O/c1-6-5-13-12-9(6)7-3-2-4-8(10)11-7/h2-5H,1H3,(H2,10,11). The third kappa shape index (κ3) is 1.38. The second-order valence-electron chi connectivity index (χ2n) is 2.79. The van der Waals surface area contributed by atoms with Crippen molar-refractivity contribution in [1.82, 2.24) is 10.1 Å². The SMILES string of the molecule is Cc1conc1-c1cccc(N)n1. The molecule has 0 spiro atoms. The molecule has 0 saturated heterocycles. The molecule has 0 saturated carbocycles. The number of nitrogens with two attached hydrogens (primary N) is 1. The van der Waals surface area contributed by atoms with Gasteiger partial charge in [0.05, 0.1) is 5.69 Å². The van der Waals surface area contributed by atoms with Crippen LogP contribution in [0.3, 0.4) is 0 Å². The van der Waals surface area contributed by atoms with E-state index in [1.165, 1.54) is 0 Å². The second kappa shape index (κ2) is 2.90.